The highest BCUT2D eigenvalue weighted by Gasteiger charge is 2.29. The number of rotatable bonds is 6. The summed E-state index contributed by atoms with van der Waals surface area (Å²) < 4.78 is 7.26. The van der Waals surface area contributed by atoms with Crippen molar-refractivity contribution in [2.75, 3.05) is 11.1 Å². The van der Waals surface area contributed by atoms with Gasteiger partial charge in [-0.2, -0.15) is 0 Å². The molecular weight excluding hydrogens is 336 g/mol. The molecule has 1 aliphatic rings. The fourth-order valence-corrected chi connectivity index (χ4v) is 3.53. The number of aryl methyl sites for hydroxylation is 1. The summed E-state index contributed by atoms with van der Waals surface area (Å²) in [5.74, 6) is 0.518. The van der Waals surface area contributed by atoms with Gasteiger partial charge in [0.15, 0.2) is 5.16 Å². The summed E-state index contributed by atoms with van der Waals surface area (Å²) in [7, 11) is 0. The van der Waals surface area contributed by atoms with Gasteiger partial charge in [0, 0.05) is 12.1 Å². The van der Waals surface area contributed by atoms with Crippen LogP contribution in [0.15, 0.2) is 52.3 Å². The van der Waals surface area contributed by atoms with Crippen LogP contribution in [0.3, 0.4) is 0 Å². The summed E-state index contributed by atoms with van der Waals surface area (Å²) in [5.41, 5.74) is 2.99. The summed E-state index contributed by atoms with van der Waals surface area (Å²) in [6, 6.07) is 12.4. The highest BCUT2D eigenvalue weighted by molar-refractivity contribution is 7.99. The highest BCUT2D eigenvalue weighted by Crippen LogP contribution is 2.41. The molecule has 0 saturated heterocycles. The Morgan fingerprint density at radius 1 is 1.36 bits per heavy atom. The first-order valence-corrected chi connectivity index (χ1v) is 9.18. The Labute approximate surface area is 149 Å². The Bertz CT molecular complexity index is 884. The molecule has 2 aromatic heterocycles. The molecule has 4 rings (SSSR count). The van der Waals surface area contributed by atoms with Gasteiger partial charge in [0.1, 0.15) is 0 Å². The number of hydrogen-bond acceptors (Lipinski definition) is 5. The first-order valence-electron chi connectivity index (χ1n) is 8.19. The van der Waals surface area contributed by atoms with E-state index in [2.05, 4.69) is 32.2 Å². The number of hydrogen-bond donors (Lipinski definition) is 1. The van der Waals surface area contributed by atoms with Crippen LogP contribution in [0.25, 0.3) is 11.3 Å². The minimum Gasteiger partial charge on any atom is -0.338 e. The number of benzene rings is 1. The van der Waals surface area contributed by atoms with Crippen LogP contribution in [-0.4, -0.2) is 26.4 Å². The number of anilines is 1. The lowest BCUT2D eigenvalue weighted by Crippen LogP contribution is -2.14. The number of carbonyl (C=O) groups is 1. The smallest absolute Gasteiger partial charge is 0.237 e. The molecule has 3 aromatic rings. The van der Waals surface area contributed by atoms with Gasteiger partial charge in [0.25, 0.3) is 0 Å². The predicted octanol–water partition coefficient (Wildman–Crippen LogP) is 3.91. The number of amides is 1. The maximum atomic E-state index is 12.1. The first kappa shape index (κ1) is 16.0. The second-order valence-corrected chi connectivity index (χ2v) is 7.01. The molecule has 1 saturated carbocycles. The zero-order chi connectivity index (χ0) is 17.2. The molecular formula is C18H18N4O2S. The standard InChI is InChI=1S/C18H18N4O2S/c1-12-9-17(24-21-12)20-16(23)11-25-18-19-10-15(22(18)14-7-8-14)13-5-3-2-4-6-13/h2-6,9-10,14H,7-8,11H2,1H3,(H,20,23). The quantitative estimate of drug-likeness (QED) is 0.679. The van der Waals surface area contributed by atoms with E-state index in [-0.39, 0.29) is 11.7 Å². The minimum absolute atomic E-state index is 0.132. The van der Waals surface area contributed by atoms with Gasteiger partial charge in [-0.05, 0) is 25.3 Å². The first-order chi connectivity index (χ1) is 12.2. The molecule has 1 fully saturated rings. The van der Waals surface area contributed by atoms with Crippen LogP contribution < -0.4 is 5.32 Å². The fourth-order valence-electron chi connectivity index (χ4n) is 2.68. The normalized spacial score (nSPS) is 13.8. The van der Waals surface area contributed by atoms with Crippen LogP contribution in [0.1, 0.15) is 24.6 Å². The molecule has 0 bridgehead atoms. The van der Waals surface area contributed by atoms with Crippen LogP contribution in [0.5, 0.6) is 0 Å². The molecule has 1 N–H and O–H groups in total. The van der Waals surface area contributed by atoms with E-state index in [1.54, 1.807) is 6.07 Å². The summed E-state index contributed by atoms with van der Waals surface area (Å²) in [6.45, 7) is 1.81. The van der Waals surface area contributed by atoms with Crippen molar-refractivity contribution < 1.29 is 9.32 Å². The van der Waals surface area contributed by atoms with Crippen molar-refractivity contribution in [1.82, 2.24) is 14.7 Å². The monoisotopic (exact) mass is 354 g/mol. The largest absolute Gasteiger partial charge is 0.338 e. The van der Waals surface area contributed by atoms with Gasteiger partial charge in [-0.3, -0.25) is 10.1 Å². The number of nitrogens with one attached hydrogen (secondary N) is 1. The maximum Gasteiger partial charge on any atom is 0.237 e. The van der Waals surface area contributed by atoms with Crippen LogP contribution in [0.4, 0.5) is 5.88 Å². The Morgan fingerprint density at radius 2 is 2.16 bits per heavy atom. The predicted molar refractivity (Wildman–Crippen MR) is 96.5 cm³/mol. The maximum absolute atomic E-state index is 12.1. The summed E-state index contributed by atoms with van der Waals surface area (Å²) in [6.07, 6.45) is 4.22. The molecule has 25 heavy (non-hydrogen) atoms. The van der Waals surface area contributed by atoms with E-state index in [1.165, 1.54) is 11.8 Å². The molecule has 6 nitrogen and oxygen atoms in total. The van der Waals surface area contributed by atoms with Crippen molar-refractivity contribution in [2.45, 2.75) is 31.0 Å². The number of thioether (sulfide) groups is 1. The van der Waals surface area contributed by atoms with Crippen molar-refractivity contribution in [3.05, 3.63) is 48.3 Å². The van der Waals surface area contributed by atoms with Crippen molar-refractivity contribution in [3.8, 4) is 11.3 Å². The van der Waals surface area contributed by atoms with E-state index < -0.39 is 0 Å². The van der Waals surface area contributed by atoms with E-state index in [1.807, 2.05) is 31.3 Å². The van der Waals surface area contributed by atoms with Gasteiger partial charge in [-0.25, -0.2) is 4.98 Å². The lowest BCUT2D eigenvalue weighted by molar-refractivity contribution is -0.113. The van der Waals surface area contributed by atoms with Gasteiger partial charge < -0.3 is 9.09 Å². The second-order valence-electron chi connectivity index (χ2n) is 6.06. The molecule has 0 atom stereocenters. The highest BCUT2D eigenvalue weighted by atomic mass is 32.2. The SMILES string of the molecule is Cc1cc(NC(=O)CSc2ncc(-c3ccccc3)n2C2CC2)on1. The lowest BCUT2D eigenvalue weighted by atomic mass is 10.2. The molecule has 0 unspecified atom stereocenters. The van der Waals surface area contributed by atoms with Crippen LogP contribution in [-0.2, 0) is 4.79 Å². The molecule has 0 aliphatic heterocycles. The van der Waals surface area contributed by atoms with Crippen LogP contribution in [0.2, 0.25) is 0 Å². The van der Waals surface area contributed by atoms with E-state index in [0.717, 1.165) is 34.9 Å². The Kier molecular flexibility index (Phi) is 4.31. The zero-order valence-electron chi connectivity index (χ0n) is 13.8. The van der Waals surface area contributed by atoms with Gasteiger partial charge >= 0.3 is 0 Å². The number of aromatic nitrogens is 3. The molecule has 128 valence electrons. The summed E-state index contributed by atoms with van der Waals surface area (Å²) >= 11 is 1.44. The average Bonchev–Trinajstić information content (AvgIpc) is 3.24. The molecule has 2 heterocycles. The van der Waals surface area contributed by atoms with Crippen molar-refractivity contribution in [3.63, 3.8) is 0 Å². The molecule has 1 aromatic carbocycles. The van der Waals surface area contributed by atoms with Gasteiger partial charge in [-0.1, -0.05) is 47.3 Å². The molecule has 1 aliphatic carbocycles. The summed E-state index contributed by atoms with van der Waals surface area (Å²) in [4.78, 5) is 16.7. The second kappa shape index (κ2) is 6.76. The molecule has 0 spiro atoms. The minimum atomic E-state index is -0.132. The molecule has 7 heteroatoms. The Hall–Kier alpha value is -2.54. The third-order valence-electron chi connectivity index (χ3n) is 3.97. The van der Waals surface area contributed by atoms with Gasteiger partial charge in [-0.15, -0.1) is 0 Å². The summed E-state index contributed by atoms with van der Waals surface area (Å²) in [5, 5.41) is 7.35. The van der Waals surface area contributed by atoms with Gasteiger partial charge in [0.05, 0.1) is 23.3 Å². The Balaban J connectivity index is 1.47. The van der Waals surface area contributed by atoms with E-state index in [0.29, 0.717) is 11.9 Å². The third kappa shape index (κ3) is 3.61. The van der Waals surface area contributed by atoms with E-state index in [9.17, 15) is 4.79 Å². The van der Waals surface area contributed by atoms with Crippen LogP contribution >= 0.6 is 11.8 Å². The molecule has 1 amide bonds. The van der Waals surface area contributed by atoms with Crippen molar-refractivity contribution in [2.24, 2.45) is 0 Å². The number of nitrogens with zero attached hydrogens (tertiary/aromatic N) is 3. The van der Waals surface area contributed by atoms with Crippen LogP contribution in [0, 0.1) is 6.92 Å². The average molecular weight is 354 g/mol. The Morgan fingerprint density at radius 3 is 2.84 bits per heavy atom. The zero-order valence-corrected chi connectivity index (χ0v) is 14.6. The number of carbonyl (C=O) groups excluding carboxylic acids is 1. The van der Waals surface area contributed by atoms with Crippen molar-refractivity contribution in [1.29, 1.82) is 0 Å². The topological polar surface area (TPSA) is 73.0 Å². The van der Waals surface area contributed by atoms with Crippen molar-refractivity contribution >= 4 is 23.6 Å². The van der Waals surface area contributed by atoms with E-state index >= 15 is 0 Å². The van der Waals surface area contributed by atoms with Gasteiger partial charge in [0.2, 0.25) is 11.8 Å². The third-order valence-corrected chi connectivity index (χ3v) is 4.93. The molecule has 0 radical (unpaired) electrons. The van der Waals surface area contributed by atoms with E-state index in [4.69, 9.17) is 4.52 Å². The fraction of sp³-hybridized carbons (Fsp3) is 0.278. The number of imidazole rings is 1. The lowest BCUT2D eigenvalue weighted by Gasteiger charge is -2.10.